The molecule has 0 aliphatic heterocycles. The van der Waals surface area contributed by atoms with Crippen molar-refractivity contribution in [2.24, 2.45) is 0 Å². The van der Waals surface area contributed by atoms with Gasteiger partial charge in [0.05, 0.1) is 11.9 Å². The first kappa shape index (κ1) is 14.0. The summed E-state index contributed by atoms with van der Waals surface area (Å²) in [4.78, 5) is -0.396. The van der Waals surface area contributed by atoms with Crippen LogP contribution in [0.5, 0.6) is 5.75 Å². The fraction of sp³-hybridized carbons (Fsp3) is 0.200. The van der Waals surface area contributed by atoms with Gasteiger partial charge >= 0.3 is 0 Å². The third kappa shape index (κ3) is 2.78. The molecule has 4 heteroatoms. The predicted octanol–water partition coefficient (Wildman–Crippen LogP) is 4.77. The maximum Gasteiger partial charge on any atom is 0.163 e. The number of alkyl halides is 1. The van der Waals surface area contributed by atoms with Gasteiger partial charge in [-0.2, -0.15) is 0 Å². The summed E-state index contributed by atoms with van der Waals surface area (Å²) in [5, 5.41) is 0. The second kappa shape index (κ2) is 5.70. The van der Waals surface area contributed by atoms with Gasteiger partial charge < -0.3 is 4.74 Å². The lowest BCUT2D eigenvalue weighted by molar-refractivity contribution is 0.411. The van der Waals surface area contributed by atoms with Crippen molar-refractivity contribution in [2.75, 3.05) is 7.11 Å². The van der Waals surface area contributed by atoms with Crippen LogP contribution in [-0.4, -0.2) is 7.11 Å². The highest BCUT2D eigenvalue weighted by molar-refractivity contribution is 9.09. The van der Waals surface area contributed by atoms with Crippen molar-refractivity contribution >= 4 is 15.9 Å². The maximum atomic E-state index is 13.8. The first-order chi connectivity index (χ1) is 9.04. The van der Waals surface area contributed by atoms with Gasteiger partial charge in [-0.1, -0.05) is 40.2 Å². The molecule has 1 atom stereocenters. The Hall–Kier alpha value is -1.42. The van der Waals surface area contributed by atoms with Gasteiger partial charge in [-0.25, -0.2) is 8.78 Å². The van der Waals surface area contributed by atoms with E-state index in [1.54, 1.807) is 13.2 Å². The number of rotatable bonds is 3. The van der Waals surface area contributed by atoms with Crippen LogP contribution in [0.15, 0.2) is 36.4 Å². The predicted molar refractivity (Wildman–Crippen MR) is 74.9 cm³/mol. The van der Waals surface area contributed by atoms with Crippen LogP contribution in [-0.2, 0) is 0 Å². The Morgan fingerprint density at radius 1 is 1.16 bits per heavy atom. The molecular formula is C15H13BrF2O. The molecule has 0 N–H and O–H groups in total. The highest BCUT2D eigenvalue weighted by Gasteiger charge is 2.18. The molecule has 1 unspecified atom stereocenters. The third-order valence-corrected chi connectivity index (χ3v) is 3.99. The van der Waals surface area contributed by atoms with E-state index in [1.165, 1.54) is 6.07 Å². The Labute approximate surface area is 119 Å². The SMILES string of the molecule is COc1ccc(C(Br)c2cccc(F)c2F)cc1C. The van der Waals surface area contributed by atoms with Crippen molar-refractivity contribution in [2.45, 2.75) is 11.8 Å². The van der Waals surface area contributed by atoms with Gasteiger partial charge in [-0.05, 0) is 30.2 Å². The minimum absolute atomic E-state index is 0.282. The van der Waals surface area contributed by atoms with E-state index >= 15 is 0 Å². The molecular weight excluding hydrogens is 314 g/mol. The third-order valence-electron chi connectivity index (χ3n) is 2.97. The molecule has 0 aliphatic carbocycles. The Balaban J connectivity index is 2.41. The lowest BCUT2D eigenvalue weighted by Crippen LogP contribution is -2.00. The first-order valence-electron chi connectivity index (χ1n) is 5.77. The molecule has 0 aliphatic rings. The summed E-state index contributed by atoms with van der Waals surface area (Å²) in [6, 6.07) is 9.71. The first-order valence-corrected chi connectivity index (χ1v) is 6.68. The summed E-state index contributed by atoms with van der Waals surface area (Å²) >= 11 is 3.41. The summed E-state index contributed by atoms with van der Waals surface area (Å²) < 4.78 is 32.2. The average Bonchev–Trinajstić information content (AvgIpc) is 2.41. The minimum Gasteiger partial charge on any atom is -0.496 e. The van der Waals surface area contributed by atoms with E-state index in [1.807, 2.05) is 25.1 Å². The van der Waals surface area contributed by atoms with E-state index in [0.717, 1.165) is 22.9 Å². The molecule has 2 aromatic carbocycles. The molecule has 19 heavy (non-hydrogen) atoms. The number of halogens is 3. The second-order valence-electron chi connectivity index (χ2n) is 4.23. The van der Waals surface area contributed by atoms with Crippen LogP contribution in [0, 0.1) is 18.6 Å². The summed E-state index contributed by atoms with van der Waals surface area (Å²) in [7, 11) is 1.60. The normalized spacial score (nSPS) is 12.3. The van der Waals surface area contributed by atoms with Crippen molar-refractivity contribution in [1.82, 2.24) is 0 Å². The van der Waals surface area contributed by atoms with Crippen LogP contribution in [0.3, 0.4) is 0 Å². The summed E-state index contributed by atoms with van der Waals surface area (Å²) in [5.74, 6) is -0.895. The lowest BCUT2D eigenvalue weighted by Gasteiger charge is -2.14. The van der Waals surface area contributed by atoms with Crippen molar-refractivity contribution in [3.8, 4) is 5.75 Å². The van der Waals surface area contributed by atoms with Gasteiger partial charge in [0.25, 0.3) is 0 Å². The monoisotopic (exact) mass is 326 g/mol. The molecule has 0 radical (unpaired) electrons. The quantitative estimate of drug-likeness (QED) is 0.738. The molecule has 100 valence electrons. The molecule has 1 nitrogen and oxygen atoms in total. The number of hydrogen-bond donors (Lipinski definition) is 0. The highest BCUT2D eigenvalue weighted by atomic mass is 79.9. The molecule has 0 amide bonds. The Morgan fingerprint density at radius 2 is 1.89 bits per heavy atom. The van der Waals surface area contributed by atoms with Crippen LogP contribution in [0.25, 0.3) is 0 Å². The molecule has 0 saturated heterocycles. The van der Waals surface area contributed by atoms with Crippen LogP contribution in [0.1, 0.15) is 21.5 Å². The Bertz CT molecular complexity index is 599. The van der Waals surface area contributed by atoms with E-state index in [9.17, 15) is 8.78 Å². The van der Waals surface area contributed by atoms with Crippen molar-refractivity contribution in [1.29, 1.82) is 0 Å². The van der Waals surface area contributed by atoms with E-state index in [-0.39, 0.29) is 5.56 Å². The van der Waals surface area contributed by atoms with E-state index in [2.05, 4.69) is 15.9 Å². The zero-order chi connectivity index (χ0) is 14.0. The molecule has 0 saturated carbocycles. The van der Waals surface area contributed by atoms with Crippen LogP contribution in [0.4, 0.5) is 8.78 Å². The molecule has 0 spiro atoms. The Kier molecular flexibility index (Phi) is 4.20. The molecule has 0 aromatic heterocycles. The lowest BCUT2D eigenvalue weighted by atomic mass is 10.0. The van der Waals surface area contributed by atoms with Crippen LogP contribution < -0.4 is 4.74 Å². The van der Waals surface area contributed by atoms with Gasteiger partial charge in [0, 0.05) is 5.56 Å². The van der Waals surface area contributed by atoms with Gasteiger partial charge in [-0.3, -0.25) is 0 Å². The number of benzene rings is 2. The van der Waals surface area contributed by atoms with Gasteiger partial charge in [0.2, 0.25) is 0 Å². The molecule has 0 fully saturated rings. The van der Waals surface area contributed by atoms with Crippen LogP contribution >= 0.6 is 15.9 Å². The highest BCUT2D eigenvalue weighted by Crippen LogP contribution is 2.34. The number of ether oxygens (including phenoxy) is 1. The number of hydrogen-bond acceptors (Lipinski definition) is 1. The van der Waals surface area contributed by atoms with Crippen molar-refractivity contribution in [3.05, 3.63) is 64.7 Å². The van der Waals surface area contributed by atoms with Crippen LogP contribution in [0.2, 0.25) is 0 Å². The van der Waals surface area contributed by atoms with Crippen molar-refractivity contribution in [3.63, 3.8) is 0 Å². The van der Waals surface area contributed by atoms with E-state index in [4.69, 9.17) is 4.74 Å². The van der Waals surface area contributed by atoms with E-state index < -0.39 is 16.5 Å². The molecule has 0 heterocycles. The smallest absolute Gasteiger partial charge is 0.163 e. The van der Waals surface area contributed by atoms with Crippen molar-refractivity contribution < 1.29 is 13.5 Å². The molecule has 2 rings (SSSR count). The second-order valence-corrected chi connectivity index (χ2v) is 5.15. The van der Waals surface area contributed by atoms with E-state index in [0.29, 0.717) is 0 Å². The topological polar surface area (TPSA) is 9.23 Å². The van der Waals surface area contributed by atoms with Gasteiger partial charge in [-0.15, -0.1) is 0 Å². The zero-order valence-corrected chi connectivity index (χ0v) is 12.2. The largest absolute Gasteiger partial charge is 0.496 e. The molecule has 0 bridgehead atoms. The Morgan fingerprint density at radius 3 is 2.53 bits per heavy atom. The van der Waals surface area contributed by atoms with Gasteiger partial charge in [0.15, 0.2) is 11.6 Å². The fourth-order valence-corrected chi connectivity index (χ4v) is 2.59. The van der Waals surface area contributed by atoms with Gasteiger partial charge in [0.1, 0.15) is 5.75 Å². The summed E-state index contributed by atoms with van der Waals surface area (Å²) in [6.07, 6.45) is 0. The number of methoxy groups -OCH3 is 1. The maximum absolute atomic E-state index is 13.8. The summed E-state index contributed by atoms with van der Waals surface area (Å²) in [6.45, 7) is 1.91. The number of aryl methyl sites for hydroxylation is 1. The fourth-order valence-electron chi connectivity index (χ4n) is 1.96. The average molecular weight is 327 g/mol. The zero-order valence-electron chi connectivity index (χ0n) is 10.6. The minimum atomic E-state index is -0.841. The molecule has 2 aromatic rings. The summed E-state index contributed by atoms with van der Waals surface area (Å²) in [5.41, 5.74) is 2.08. The standard InChI is InChI=1S/C15H13BrF2O/c1-9-8-10(6-7-13(9)19-2)14(16)11-4-3-5-12(17)15(11)18/h3-8,14H,1-2H3.